The zero-order valence-electron chi connectivity index (χ0n) is 24.1. The summed E-state index contributed by atoms with van der Waals surface area (Å²) in [5, 5.41) is 3.49. The van der Waals surface area contributed by atoms with Gasteiger partial charge in [0.2, 0.25) is 11.9 Å². The molecule has 8 nitrogen and oxygen atoms in total. The molecule has 2 aliphatic heterocycles. The second-order valence-corrected chi connectivity index (χ2v) is 11.9. The molecule has 1 aliphatic carbocycles. The normalized spacial score (nSPS) is 22.4. The Balaban J connectivity index is 1.32. The fourth-order valence-corrected chi connectivity index (χ4v) is 6.89. The van der Waals surface area contributed by atoms with E-state index in [1.807, 2.05) is 13.1 Å². The number of carbonyl (C=O) groups excluding carboxylic acids is 1. The first-order valence-electron chi connectivity index (χ1n) is 14.6. The molecule has 3 heterocycles. The number of fused-ring (bicyclic) bond motifs is 2. The van der Waals surface area contributed by atoms with Crippen molar-refractivity contribution >= 4 is 29.0 Å². The monoisotopic (exact) mass is 540 g/mol. The molecule has 6 rings (SSSR count). The van der Waals surface area contributed by atoms with Crippen molar-refractivity contribution in [3.63, 3.8) is 0 Å². The van der Waals surface area contributed by atoms with E-state index < -0.39 is 0 Å². The van der Waals surface area contributed by atoms with Crippen molar-refractivity contribution in [1.82, 2.24) is 14.9 Å². The molecule has 0 radical (unpaired) electrons. The van der Waals surface area contributed by atoms with Crippen LogP contribution in [0.4, 0.5) is 23.1 Å². The maximum absolute atomic E-state index is 13.3. The molecule has 40 heavy (non-hydrogen) atoms. The van der Waals surface area contributed by atoms with E-state index in [2.05, 4.69) is 83.6 Å². The van der Waals surface area contributed by atoms with Gasteiger partial charge < -0.3 is 24.8 Å². The van der Waals surface area contributed by atoms with E-state index in [9.17, 15) is 4.79 Å². The summed E-state index contributed by atoms with van der Waals surface area (Å²) in [6.45, 7) is 2.89. The van der Waals surface area contributed by atoms with Crippen molar-refractivity contribution in [3.8, 4) is 5.75 Å². The second-order valence-electron chi connectivity index (χ2n) is 11.9. The minimum atomic E-state index is -0.363. The van der Waals surface area contributed by atoms with Gasteiger partial charge in [-0.3, -0.25) is 4.79 Å². The zero-order valence-corrected chi connectivity index (χ0v) is 24.1. The van der Waals surface area contributed by atoms with Gasteiger partial charge in [0.15, 0.2) is 5.82 Å². The highest BCUT2D eigenvalue weighted by Crippen LogP contribution is 2.44. The first-order chi connectivity index (χ1) is 19.4. The molecule has 1 N–H and O–H groups in total. The Kier molecular flexibility index (Phi) is 7.13. The van der Waals surface area contributed by atoms with Gasteiger partial charge in [0.1, 0.15) is 23.1 Å². The smallest absolute Gasteiger partial charge is 0.249 e. The number of hydrogen-bond acceptors (Lipinski definition) is 7. The highest BCUT2D eigenvalue weighted by atomic mass is 16.5. The van der Waals surface area contributed by atoms with Crippen LogP contribution in [0.5, 0.6) is 5.75 Å². The van der Waals surface area contributed by atoms with E-state index >= 15 is 0 Å². The highest BCUT2D eigenvalue weighted by molar-refractivity contribution is 6.04. The number of nitrogens with one attached hydrogen (secondary N) is 1. The first kappa shape index (κ1) is 26.6. The standard InChI is InChI=1S/C32H40N6O2/c1-5-26-30(39)37(4)27-20-33-31(35-29(27)38(26)24-15-9-10-16-24)34-25-17-11-14-23-19-32(21-36(2)3,40-28(23)25)18-22-12-7-6-8-13-22/h6-8,11-14,17,20,24,26H,5,9-10,15-16,18-19,21H2,1-4H3,(H,33,34,35)/t26-,32?/m1/s1. The van der Waals surface area contributed by atoms with Crippen molar-refractivity contribution < 1.29 is 9.53 Å². The SMILES string of the molecule is CC[C@@H]1C(=O)N(C)c2cnc(Nc3cccc4c3OC(Cc3ccccc3)(CN(C)C)C4)nc2N1C1CCCC1. The summed E-state index contributed by atoms with van der Waals surface area (Å²) in [6.07, 6.45) is 8.76. The summed E-state index contributed by atoms with van der Waals surface area (Å²) in [6, 6.07) is 17.0. The molecule has 0 saturated heterocycles. The van der Waals surface area contributed by atoms with Crippen LogP contribution in [-0.4, -0.2) is 66.1 Å². The van der Waals surface area contributed by atoms with Crippen molar-refractivity contribution in [3.05, 3.63) is 65.9 Å². The van der Waals surface area contributed by atoms with Crippen LogP contribution in [0.3, 0.4) is 0 Å². The molecular formula is C32H40N6O2. The molecule has 1 unspecified atom stereocenters. The van der Waals surface area contributed by atoms with Crippen molar-refractivity contribution in [2.45, 2.75) is 69.6 Å². The molecule has 2 atom stereocenters. The van der Waals surface area contributed by atoms with E-state index in [0.717, 1.165) is 61.6 Å². The van der Waals surface area contributed by atoms with E-state index in [0.29, 0.717) is 12.0 Å². The third kappa shape index (κ3) is 4.89. The quantitative estimate of drug-likeness (QED) is 0.421. The lowest BCUT2D eigenvalue weighted by Gasteiger charge is -2.43. The Morgan fingerprint density at radius 1 is 1.10 bits per heavy atom. The Hall–Kier alpha value is -3.65. The average Bonchev–Trinajstić information content (AvgIpc) is 3.59. The topological polar surface area (TPSA) is 73.8 Å². The van der Waals surface area contributed by atoms with E-state index in [1.165, 1.54) is 24.0 Å². The van der Waals surface area contributed by atoms with Crippen LogP contribution in [0.1, 0.15) is 50.2 Å². The summed E-state index contributed by atoms with van der Waals surface area (Å²) in [5.74, 6) is 2.35. The number of nitrogens with zero attached hydrogens (tertiary/aromatic N) is 5. The second kappa shape index (κ2) is 10.7. The maximum atomic E-state index is 13.3. The predicted octanol–water partition coefficient (Wildman–Crippen LogP) is 5.20. The molecule has 2 aromatic carbocycles. The molecule has 3 aromatic rings. The molecule has 0 spiro atoms. The third-order valence-corrected chi connectivity index (χ3v) is 8.56. The summed E-state index contributed by atoms with van der Waals surface area (Å²) in [4.78, 5) is 29.2. The minimum Gasteiger partial charge on any atom is -0.483 e. The van der Waals surface area contributed by atoms with Crippen LogP contribution < -0.4 is 19.9 Å². The lowest BCUT2D eigenvalue weighted by atomic mass is 9.89. The molecule has 8 heteroatoms. The molecule has 3 aliphatic rings. The van der Waals surface area contributed by atoms with Crippen LogP contribution >= 0.6 is 0 Å². The number of para-hydroxylation sites is 1. The zero-order chi connectivity index (χ0) is 27.9. The van der Waals surface area contributed by atoms with Gasteiger partial charge in [-0.25, -0.2) is 4.98 Å². The van der Waals surface area contributed by atoms with Gasteiger partial charge in [-0.2, -0.15) is 4.98 Å². The summed E-state index contributed by atoms with van der Waals surface area (Å²) < 4.78 is 6.87. The van der Waals surface area contributed by atoms with Gasteiger partial charge in [0.25, 0.3) is 0 Å². The molecule has 0 bridgehead atoms. The fourth-order valence-electron chi connectivity index (χ4n) is 6.89. The van der Waals surface area contributed by atoms with Gasteiger partial charge in [-0.1, -0.05) is 62.2 Å². The maximum Gasteiger partial charge on any atom is 0.249 e. The Morgan fingerprint density at radius 3 is 2.60 bits per heavy atom. The number of rotatable bonds is 8. The number of benzene rings is 2. The summed E-state index contributed by atoms with van der Waals surface area (Å²) >= 11 is 0. The average molecular weight is 541 g/mol. The number of ether oxygens (including phenoxy) is 1. The number of aromatic nitrogens is 2. The van der Waals surface area contributed by atoms with Crippen molar-refractivity contribution in [2.24, 2.45) is 0 Å². The van der Waals surface area contributed by atoms with Crippen LogP contribution in [0, 0.1) is 0 Å². The molecule has 1 fully saturated rings. The van der Waals surface area contributed by atoms with Gasteiger partial charge >= 0.3 is 0 Å². The summed E-state index contributed by atoms with van der Waals surface area (Å²) in [7, 11) is 6.03. The number of carbonyl (C=O) groups is 1. The Morgan fingerprint density at radius 2 is 1.88 bits per heavy atom. The molecule has 1 aromatic heterocycles. The number of hydrogen-bond donors (Lipinski definition) is 1. The summed E-state index contributed by atoms with van der Waals surface area (Å²) in [5.41, 5.74) is 3.73. The largest absolute Gasteiger partial charge is 0.483 e. The number of amides is 1. The molecule has 1 amide bonds. The van der Waals surface area contributed by atoms with Gasteiger partial charge in [-0.15, -0.1) is 0 Å². The van der Waals surface area contributed by atoms with Gasteiger partial charge in [0.05, 0.1) is 11.9 Å². The Labute approximate surface area is 237 Å². The Bertz CT molecular complexity index is 1370. The van der Waals surface area contributed by atoms with Crippen LogP contribution in [0.25, 0.3) is 0 Å². The molecule has 1 saturated carbocycles. The fraction of sp³-hybridized carbons (Fsp3) is 0.469. The van der Waals surface area contributed by atoms with Gasteiger partial charge in [-0.05, 0) is 45.0 Å². The highest BCUT2D eigenvalue weighted by Gasteiger charge is 2.43. The number of likely N-dealkylation sites (N-methyl/N-ethyl adjacent to an activating group) is 2. The lowest BCUT2D eigenvalue weighted by Crippen LogP contribution is -2.55. The predicted molar refractivity (Wildman–Crippen MR) is 160 cm³/mol. The molecule has 210 valence electrons. The number of anilines is 4. The van der Waals surface area contributed by atoms with Crippen molar-refractivity contribution in [2.75, 3.05) is 42.8 Å². The van der Waals surface area contributed by atoms with Crippen molar-refractivity contribution in [1.29, 1.82) is 0 Å². The van der Waals surface area contributed by atoms with Crippen LogP contribution in [-0.2, 0) is 17.6 Å². The van der Waals surface area contributed by atoms with E-state index in [1.54, 1.807) is 11.1 Å². The first-order valence-corrected chi connectivity index (χ1v) is 14.6. The minimum absolute atomic E-state index is 0.121. The molecular weight excluding hydrogens is 500 g/mol. The lowest BCUT2D eigenvalue weighted by molar-refractivity contribution is -0.120. The third-order valence-electron chi connectivity index (χ3n) is 8.56. The van der Waals surface area contributed by atoms with Crippen LogP contribution in [0.15, 0.2) is 54.7 Å². The van der Waals surface area contributed by atoms with Crippen LogP contribution in [0.2, 0.25) is 0 Å². The van der Waals surface area contributed by atoms with E-state index in [-0.39, 0.29) is 17.6 Å². The van der Waals surface area contributed by atoms with Gasteiger partial charge in [0, 0.05) is 38.0 Å². The van der Waals surface area contributed by atoms with E-state index in [4.69, 9.17) is 9.72 Å².